The smallest absolute Gasteiger partial charge is 0.119 e. The second-order valence-electron chi connectivity index (χ2n) is 8.63. The molecule has 1 fully saturated rings. The van der Waals surface area contributed by atoms with E-state index in [4.69, 9.17) is 16.3 Å². The van der Waals surface area contributed by atoms with Gasteiger partial charge >= 0.3 is 0 Å². The van der Waals surface area contributed by atoms with Crippen LogP contribution in [0.4, 0.5) is 5.69 Å². The van der Waals surface area contributed by atoms with E-state index in [0.717, 1.165) is 36.8 Å². The highest BCUT2D eigenvalue weighted by atomic mass is 35.5. The second-order valence-corrected chi connectivity index (χ2v) is 9.07. The van der Waals surface area contributed by atoms with Crippen molar-refractivity contribution in [1.29, 1.82) is 0 Å². The summed E-state index contributed by atoms with van der Waals surface area (Å²) in [7, 11) is 1.75. The van der Waals surface area contributed by atoms with Crippen molar-refractivity contribution in [2.24, 2.45) is 0 Å². The van der Waals surface area contributed by atoms with E-state index in [1.807, 2.05) is 12.1 Å². The Morgan fingerprint density at radius 3 is 2.43 bits per heavy atom. The molecule has 2 heterocycles. The van der Waals surface area contributed by atoms with Crippen LogP contribution in [0.3, 0.4) is 0 Å². The molecule has 2 aliphatic heterocycles. The fraction of sp³-hybridized carbons (Fsp3) is 0.308. The van der Waals surface area contributed by atoms with Crippen LogP contribution in [0.25, 0.3) is 0 Å². The zero-order valence-electron chi connectivity index (χ0n) is 17.5. The number of benzene rings is 3. The van der Waals surface area contributed by atoms with Crippen molar-refractivity contribution in [2.45, 2.75) is 38.0 Å². The number of methoxy groups -OCH3 is 1. The molecule has 2 aliphatic rings. The van der Waals surface area contributed by atoms with Gasteiger partial charge < -0.3 is 9.64 Å². The quantitative estimate of drug-likeness (QED) is 0.516. The molecule has 5 rings (SSSR count). The summed E-state index contributed by atoms with van der Waals surface area (Å²) in [5.41, 5.74) is 5.43. The van der Waals surface area contributed by atoms with E-state index >= 15 is 0 Å². The number of nitrogens with zero attached hydrogens (tertiary/aromatic N) is 2. The van der Waals surface area contributed by atoms with Crippen LogP contribution in [-0.2, 0) is 18.5 Å². The summed E-state index contributed by atoms with van der Waals surface area (Å²) < 4.78 is 5.58. The summed E-state index contributed by atoms with van der Waals surface area (Å²) in [5.74, 6) is 0.934. The first-order chi connectivity index (χ1) is 14.6. The van der Waals surface area contributed by atoms with Crippen LogP contribution in [0.15, 0.2) is 72.8 Å². The standard InChI is InChI=1S/C26H27ClN2O/c1-26-14-15-28(17-19-6-4-3-5-7-19)25(26)29(18-20-8-10-21(27)11-9-20)24-13-12-22(30-2)16-23(24)26/h3-13,16,25H,14-15,17-18H2,1-2H3. The predicted octanol–water partition coefficient (Wildman–Crippen LogP) is 5.86. The third-order valence-corrected chi connectivity index (χ3v) is 7.00. The molecular weight excluding hydrogens is 392 g/mol. The van der Waals surface area contributed by atoms with Gasteiger partial charge in [0, 0.05) is 35.8 Å². The lowest BCUT2D eigenvalue weighted by atomic mass is 9.81. The summed E-state index contributed by atoms with van der Waals surface area (Å²) in [5, 5.41) is 0.779. The van der Waals surface area contributed by atoms with Crippen molar-refractivity contribution in [3.05, 3.63) is 94.5 Å². The number of ether oxygens (including phenoxy) is 1. The van der Waals surface area contributed by atoms with Gasteiger partial charge in [-0.3, -0.25) is 4.90 Å². The minimum absolute atomic E-state index is 0.0745. The van der Waals surface area contributed by atoms with Crippen molar-refractivity contribution in [1.82, 2.24) is 4.90 Å². The van der Waals surface area contributed by atoms with Crippen LogP contribution < -0.4 is 9.64 Å². The first-order valence-electron chi connectivity index (χ1n) is 10.6. The van der Waals surface area contributed by atoms with E-state index in [0.29, 0.717) is 6.17 Å². The average Bonchev–Trinajstić information content (AvgIpc) is 3.22. The maximum absolute atomic E-state index is 6.13. The average molecular weight is 419 g/mol. The second kappa shape index (κ2) is 7.64. The maximum Gasteiger partial charge on any atom is 0.119 e. The Morgan fingerprint density at radius 2 is 1.70 bits per heavy atom. The minimum atomic E-state index is 0.0745. The van der Waals surface area contributed by atoms with E-state index in [9.17, 15) is 0 Å². The van der Waals surface area contributed by atoms with E-state index in [1.54, 1.807) is 7.11 Å². The molecule has 0 N–H and O–H groups in total. The highest BCUT2D eigenvalue weighted by Crippen LogP contribution is 2.53. The van der Waals surface area contributed by atoms with Crippen LogP contribution in [0.5, 0.6) is 5.75 Å². The maximum atomic E-state index is 6.13. The molecule has 2 atom stereocenters. The first-order valence-corrected chi connectivity index (χ1v) is 10.9. The van der Waals surface area contributed by atoms with E-state index in [-0.39, 0.29) is 5.41 Å². The number of rotatable bonds is 5. The third kappa shape index (κ3) is 3.27. The highest BCUT2D eigenvalue weighted by molar-refractivity contribution is 6.30. The lowest BCUT2D eigenvalue weighted by Crippen LogP contribution is -2.48. The van der Waals surface area contributed by atoms with Crippen LogP contribution in [-0.4, -0.2) is 24.7 Å². The van der Waals surface area contributed by atoms with Gasteiger partial charge in [-0.1, -0.05) is 61.0 Å². The largest absolute Gasteiger partial charge is 0.497 e. The molecule has 3 aromatic rings. The fourth-order valence-electron chi connectivity index (χ4n) is 5.27. The van der Waals surface area contributed by atoms with Crippen molar-refractivity contribution >= 4 is 17.3 Å². The van der Waals surface area contributed by atoms with E-state index in [1.165, 1.54) is 22.4 Å². The molecule has 30 heavy (non-hydrogen) atoms. The number of fused-ring (bicyclic) bond motifs is 3. The fourth-order valence-corrected chi connectivity index (χ4v) is 5.39. The topological polar surface area (TPSA) is 15.7 Å². The lowest BCUT2D eigenvalue weighted by Gasteiger charge is -2.37. The molecule has 1 saturated heterocycles. The number of hydrogen-bond donors (Lipinski definition) is 0. The van der Waals surface area contributed by atoms with Gasteiger partial charge in [0.1, 0.15) is 5.75 Å². The van der Waals surface area contributed by atoms with Gasteiger partial charge in [-0.15, -0.1) is 0 Å². The normalized spacial score (nSPS) is 22.8. The van der Waals surface area contributed by atoms with Crippen LogP contribution in [0.1, 0.15) is 30.0 Å². The van der Waals surface area contributed by atoms with Crippen molar-refractivity contribution < 1.29 is 4.74 Å². The van der Waals surface area contributed by atoms with Crippen LogP contribution >= 0.6 is 11.6 Å². The SMILES string of the molecule is COc1ccc2c(c1)C1(C)CCN(Cc3ccccc3)C1N2Cc1ccc(Cl)cc1. The van der Waals surface area contributed by atoms with E-state index < -0.39 is 0 Å². The molecule has 3 nitrogen and oxygen atoms in total. The van der Waals surface area contributed by atoms with Gasteiger partial charge in [-0.05, 0) is 53.4 Å². The minimum Gasteiger partial charge on any atom is -0.497 e. The molecule has 4 heteroatoms. The Morgan fingerprint density at radius 1 is 0.967 bits per heavy atom. The lowest BCUT2D eigenvalue weighted by molar-refractivity contribution is 0.208. The van der Waals surface area contributed by atoms with Crippen LogP contribution in [0, 0.1) is 0 Å². The van der Waals surface area contributed by atoms with Crippen LogP contribution in [0.2, 0.25) is 5.02 Å². The number of halogens is 1. The number of anilines is 1. The zero-order valence-corrected chi connectivity index (χ0v) is 18.3. The Kier molecular flexibility index (Phi) is 4.96. The number of hydrogen-bond acceptors (Lipinski definition) is 3. The van der Waals surface area contributed by atoms with Gasteiger partial charge in [0.05, 0.1) is 13.3 Å². The van der Waals surface area contributed by atoms with Gasteiger partial charge in [-0.2, -0.15) is 0 Å². The molecule has 0 spiro atoms. The van der Waals surface area contributed by atoms with Gasteiger partial charge in [0.15, 0.2) is 0 Å². The summed E-state index contributed by atoms with van der Waals surface area (Å²) in [6, 6.07) is 25.6. The Balaban J connectivity index is 1.54. The van der Waals surface area contributed by atoms with Crippen molar-refractivity contribution in [3.8, 4) is 5.75 Å². The van der Waals surface area contributed by atoms with E-state index in [2.05, 4.69) is 77.4 Å². The Hall–Kier alpha value is -2.49. The summed E-state index contributed by atoms with van der Waals surface area (Å²) in [4.78, 5) is 5.21. The first kappa shape index (κ1) is 19.5. The summed E-state index contributed by atoms with van der Waals surface area (Å²) in [6.45, 7) is 5.33. The van der Waals surface area contributed by atoms with Crippen molar-refractivity contribution in [2.75, 3.05) is 18.6 Å². The van der Waals surface area contributed by atoms with Gasteiger partial charge in [-0.25, -0.2) is 0 Å². The Bertz CT molecular complexity index is 1040. The van der Waals surface area contributed by atoms with Gasteiger partial charge in [0.25, 0.3) is 0 Å². The highest BCUT2D eigenvalue weighted by Gasteiger charge is 2.54. The molecule has 0 aromatic heterocycles. The zero-order chi connectivity index (χ0) is 20.7. The summed E-state index contributed by atoms with van der Waals surface area (Å²) >= 11 is 6.13. The molecule has 0 radical (unpaired) electrons. The van der Waals surface area contributed by atoms with Crippen molar-refractivity contribution in [3.63, 3.8) is 0 Å². The summed E-state index contributed by atoms with van der Waals surface area (Å²) in [6.07, 6.45) is 1.46. The molecule has 0 amide bonds. The monoisotopic (exact) mass is 418 g/mol. The molecule has 0 aliphatic carbocycles. The molecule has 0 bridgehead atoms. The molecule has 0 saturated carbocycles. The third-order valence-electron chi connectivity index (χ3n) is 6.75. The predicted molar refractivity (Wildman–Crippen MR) is 123 cm³/mol. The Labute approximate surface area is 183 Å². The van der Waals surface area contributed by atoms with Gasteiger partial charge in [0.2, 0.25) is 0 Å². The molecule has 154 valence electrons. The number of likely N-dealkylation sites (tertiary alicyclic amines) is 1. The molecular formula is C26H27ClN2O. The molecule has 3 aromatic carbocycles. The molecule has 2 unspecified atom stereocenters.